The predicted octanol–water partition coefficient (Wildman–Crippen LogP) is 2.15. The summed E-state index contributed by atoms with van der Waals surface area (Å²) in [6, 6.07) is 0. The van der Waals surface area contributed by atoms with Crippen LogP contribution in [0, 0.1) is 13.8 Å². The van der Waals surface area contributed by atoms with Crippen LogP contribution in [0.2, 0.25) is 0 Å². The average molecular weight is 267 g/mol. The second kappa shape index (κ2) is 6.08. The van der Waals surface area contributed by atoms with Crippen molar-refractivity contribution in [3.63, 3.8) is 0 Å². The van der Waals surface area contributed by atoms with E-state index in [9.17, 15) is 0 Å². The molecule has 5 nitrogen and oxygen atoms in total. The maximum atomic E-state index is 5.70. The summed E-state index contributed by atoms with van der Waals surface area (Å²) in [4.78, 5) is 9.69. The van der Waals surface area contributed by atoms with E-state index in [0.717, 1.165) is 27.9 Å². The maximum Gasteiger partial charge on any atom is 0.208 e. The van der Waals surface area contributed by atoms with Crippen molar-refractivity contribution in [2.24, 2.45) is 0 Å². The Balaban J connectivity index is 1.99. The normalized spacial score (nSPS) is 11.1. The first-order valence-corrected chi connectivity index (χ1v) is 6.61. The monoisotopic (exact) mass is 267 g/mol. The van der Waals surface area contributed by atoms with E-state index in [-0.39, 0.29) is 0 Å². The molecule has 0 amide bonds. The van der Waals surface area contributed by atoms with Crippen LogP contribution in [-0.4, -0.2) is 30.2 Å². The van der Waals surface area contributed by atoms with E-state index >= 15 is 0 Å². The number of aromatic nitrogens is 2. The molecule has 2 heterocycles. The van der Waals surface area contributed by atoms with Crippen LogP contribution < -0.4 is 5.32 Å². The van der Waals surface area contributed by atoms with Gasteiger partial charge >= 0.3 is 0 Å². The molecular formula is C12H17N3O2S. The van der Waals surface area contributed by atoms with Gasteiger partial charge in [0.1, 0.15) is 0 Å². The van der Waals surface area contributed by atoms with Crippen molar-refractivity contribution in [3.8, 4) is 10.6 Å². The van der Waals surface area contributed by atoms with Gasteiger partial charge in [0.25, 0.3) is 0 Å². The molecule has 6 heteroatoms. The molecule has 18 heavy (non-hydrogen) atoms. The van der Waals surface area contributed by atoms with E-state index in [1.807, 2.05) is 13.8 Å². The molecule has 2 aromatic heterocycles. The van der Waals surface area contributed by atoms with E-state index in [1.165, 1.54) is 0 Å². The van der Waals surface area contributed by atoms with Crippen molar-refractivity contribution in [3.05, 3.63) is 22.8 Å². The number of thiazole rings is 1. The fourth-order valence-corrected chi connectivity index (χ4v) is 2.49. The first-order chi connectivity index (χ1) is 8.70. The minimum absolute atomic E-state index is 0.611. The zero-order chi connectivity index (χ0) is 13.0. The Morgan fingerprint density at radius 1 is 1.44 bits per heavy atom. The highest BCUT2D eigenvalue weighted by Gasteiger charge is 2.12. The molecule has 0 aliphatic carbocycles. The molecule has 98 valence electrons. The van der Waals surface area contributed by atoms with Crippen LogP contribution in [0.1, 0.15) is 16.6 Å². The molecule has 0 radical (unpaired) electrons. The van der Waals surface area contributed by atoms with Crippen LogP contribution in [-0.2, 0) is 11.3 Å². The SMILES string of the molecule is COCCNCc1ncc(-c2sc(C)nc2C)o1. The molecule has 0 aromatic carbocycles. The summed E-state index contributed by atoms with van der Waals surface area (Å²) in [5.74, 6) is 1.48. The molecule has 0 aliphatic rings. The van der Waals surface area contributed by atoms with Gasteiger partial charge < -0.3 is 14.5 Å². The van der Waals surface area contributed by atoms with Gasteiger partial charge in [-0.2, -0.15) is 0 Å². The van der Waals surface area contributed by atoms with Crippen molar-refractivity contribution in [1.29, 1.82) is 0 Å². The topological polar surface area (TPSA) is 60.2 Å². The Hall–Kier alpha value is -1.24. The number of rotatable bonds is 6. The summed E-state index contributed by atoms with van der Waals surface area (Å²) in [5, 5.41) is 4.23. The zero-order valence-electron chi connectivity index (χ0n) is 10.8. The minimum Gasteiger partial charge on any atom is -0.438 e. The van der Waals surface area contributed by atoms with Gasteiger partial charge in [-0.25, -0.2) is 9.97 Å². The van der Waals surface area contributed by atoms with Gasteiger partial charge in [0.15, 0.2) is 5.76 Å². The van der Waals surface area contributed by atoms with Gasteiger partial charge in [0, 0.05) is 13.7 Å². The van der Waals surface area contributed by atoms with Crippen molar-refractivity contribution in [2.45, 2.75) is 20.4 Å². The Morgan fingerprint density at radius 3 is 2.94 bits per heavy atom. The van der Waals surface area contributed by atoms with E-state index in [1.54, 1.807) is 24.6 Å². The number of methoxy groups -OCH3 is 1. The molecule has 0 spiro atoms. The third-order valence-corrected chi connectivity index (χ3v) is 3.53. The molecule has 0 bridgehead atoms. The minimum atomic E-state index is 0.611. The summed E-state index contributed by atoms with van der Waals surface area (Å²) in [7, 11) is 1.68. The molecule has 2 aromatic rings. The molecule has 0 saturated heterocycles. The van der Waals surface area contributed by atoms with E-state index in [4.69, 9.17) is 9.15 Å². The van der Waals surface area contributed by atoms with Crippen molar-refractivity contribution in [1.82, 2.24) is 15.3 Å². The molecule has 0 aliphatic heterocycles. The van der Waals surface area contributed by atoms with Gasteiger partial charge in [-0.15, -0.1) is 11.3 Å². The lowest BCUT2D eigenvalue weighted by Gasteiger charge is -1.99. The fraction of sp³-hybridized carbons (Fsp3) is 0.500. The molecule has 0 saturated carbocycles. The van der Waals surface area contributed by atoms with E-state index < -0.39 is 0 Å². The lowest BCUT2D eigenvalue weighted by atomic mass is 10.3. The van der Waals surface area contributed by atoms with Crippen molar-refractivity contribution in [2.75, 3.05) is 20.3 Å². The number of nitrogens with zero attached hydrogens (tertiary/aromatic N) is 2. The number of oxazole rings is 1. The standard InChI is InChI=1S/C12H17N3O2S/c1-8-12(18-9(2)15-8)10-6-14-11(17-10)7-13-4-5-16-3/h6,13H,4-5,7H2,1-3H3. The zero-order valence-corrected chi connectivity index (χ0v) is 11.6. The molecule has 1 N–H and O–H groups in total. The summed E-state index contributed by atoms with van der Waals surface area (Å²) in [6.07, 6.45) is 1.76. The predicted molar refractivity (Wildman–Crippen MR) is 70.7 cm³/mol. The van der Waals surface area contributed by atoms with Crippen LogP contribution in [0.15, 0.2) is 10.6 Å². The number of hydrogen-bond acceptors (Lipinski definition) is 6. The smallest absolute Gasteiger partial charge is 0.208 e. The first kappa shape index (κ1) is 13.2. The van der Waals surface area contributed by atoms with Gasteiger partial charge in [-0.05, 0) is 13.8 Å². The van der Waals surface area contributed by atoms with Gasteiger partial charge in [-0.3, -0.25) is 0 Å². The largest absolute Gasteiger partial charge is 0.438 e. The average Bonchev–Trinajstić information content (AvgIpc) is 2.91. The second-order valence-electron chi connectivity index (χ2n) is 3.94. The number of nitrogens with one attached hydrogen (secondary N) is 1. The van der Waals surface area contributed by atoms with E-state index in [0.29, 0.717) is 19.0 Å². The van der Waals surface area contributed by atoms with Crippen molar-refractivity contribution >= 4 is 11.3 Å². The highest BCUT2D eigenvalue weighted by molar-refractivity contribution is 7.15. The molecule has 0 atom stereocenters. The molecule has 0 fully saturated rings. The molecule has 0 unspecified atom stereocenters. The van der Waals surface area contributed by atoms with Gasteiger partial charge in [0.2, 0.25) is 5.89 Å². The Kier molecular flexibility index (Phi) is 4.46. The van der Waals surface area contributed by atoms with Crippen LogP contribution >= 0.6 is 11.3 Å². The summed E-state index contributed by atoms with van der Waals surface area (Å²) in [5.41, 5.74) is 0.993. The van der Waals surface area contributed by atoms with Crippen LogP contribution in [0.25, 0.3) is 10.6 Å². The van der Waals surface area contributed by atoms with Crippen LogP contribution in [0.4, 0.5) is 0 Å². The molecule has 2 rings (SSSR count). The number of hydrogen-bond donors (Lipinski definition) is 1. The quantitative estimate of drug-likeness (QED) is 0.813. The first-order valence-electron chi connectivity index (χ1n) is 5.79. The third-order valence-electron chi connectivity index (χ3n) is 2.44. The lowest BCUT2D eigenvalue weighted by molar-refractivity contribution is 0.198. The Bertz CT molecular complexity index is 507. The maximum absolute atomic E-state index is 5.70. The summed E-state index contributed by atoms with van der Waals surface area (Å²) in [6.45, 7) is 6.05. The fourth-order valence-electron chi connectivity index (χ4n) is 1.63. The number of ether oxygens (including phenoxy) is 1. The molecular weight excluding hydrogens is 250 g/mol. The highest BCUT2D eigenvalue weighted by atomic mass is 32.1. The Labute approximate surface area is 110 Å². The summed E-state index contributed by atoms with van der Waals surface area (Å²) < 4.78 is 10.7. The highest BCUT2D eigenvalue weighted by Crippen LogP contribution is 2.29. The number of aryl methyl sites for hydroxylation is 2. The van der Waals surface area contributed by atoms with Crippen LogP contribution in [0.5, 0.6) is 0 Å². The van der Waals surface area contributed by atoms with Crippen molar-refractivity contribution < 1.29 is 9.15 Å². The van der Waals surface area contributed by atoms with Crippen LogP contribution in [0.3, 0.4) is 0 Å². The summed E-state index contributed by atoms with van der Waals surface area (Å²) >= 11 is 1.63. The van der Waals surface area contributed by atoms with Gasteiger partial charge in [0.05, 0.1) is 34.9 Å². The van der Waals surface area contributed by atoms with E-state index in [2.05, 4.69) is 15.3 Å². The van der Waals surface area contributed by atoms with Gasteiger partial charge in [-0.1, -0.05) is 0 Å². The lowest BCUT2D eigenvalue weighted by Crippen LogP contribution is -2.18. The Morgan fingerprint density at radius 2 is 2.28 bits per heavy atom. The third kappa shape index (κ3) is 3.16. The second-order valence-corrected chi connectivity index (χ2v) is 5.14.